The van der Waals surface area contributed by atoms with E-state index in [1.165, 1.54) is 17.7 Å². The van der Waals surface area contributed by atoms with Crippen LogP contribution in [-0.4, -0.2) is 30.2 Å². The highest BCUT2D eigenvalue weighted by Crippen LogP contribution is 2.33. The van der Waals surface area contributed by atoms with Crippen LogP contribution < -0.4 is 4.74 Å². The molecule has 0 spiro atoms. The fraction of sp³-hybridized carbons (Fsp3) is 0.588. The Bertz CT molecular complexity index is 426. The van der Waals surface area contributed by atoms with Gasteiger partial charge in [0.25, 0.3) is 0 Å². The van der Waals surface area contributed by atoms with Crippen molar-refractivity contribution >= 4 is 17.7 Å². The molecule has 1 aromatic carbocycles. The number of hydrogen-bond acceptors (Lipinski definition) is 4. The second-order valence-corrected chi connectivity index (χ2v) is 6.60. The number of benzene rings is 1. The maximum absolute atomic E-state index is 11.2. The Hall–Kier alpha value is -1.16. The molecule has 0 bridgehead atoms. The smallest absolute Gasteiger partial charge is 0.305 e. The van der Waals surface area contributed by atoms with Crippen molar-refractivity contribution in [3.05, 3.63) is 29.8 Å². The van der Waals surface area contributed by atoms with Crippen LogP contribution in [0.15, 0.2) is 24.3 Å². The summed E-state index contributed by atoms with van der Waals surface area (Å²) in [5.74, 6) is 2.15. The number of carbonyl (C=O) groups excluding carboxylic acids is 1. The molecule has 0 aromatic heterocycles. The molecule has 0 aliphatic carbocycles. The van der Waals surface area contributed by atoms with Gasteiger partial charge in [-0.15, -0.1) is 0 Å². The molecule has 3 nitrogen and oxygen atoms in total. The highest BCUT2D eigenvalue weighted by molar-refractivity contribution is 8.06. The predicted octanol–water partition coefficient (Wildman–Crippen LogP) is 3.85. The normalized spacial score (nSPS) is 16.5. The molecule has 1 atom stereocenters. The molecule has 2 rings (SSSR count). The van der Waals surface area contributed by atoms with Crippen molar-refractivity contribution in [3.63, 3.8) is 0 Å². The average Bonchev–Trinajstić information content (AvgIpc) is 3.29. The standard InChI is InChI=1S/C17H24O3S/c1-2-19-17(18)6-4-3-5-11-20-15-9-7-14(8-10-15)12-16-13-21-16/h7-10,16H,2-6,11-13H2,1H3. The van der Waals surface area contributed by atoms with Crippen molar-refractivity contribution in [2.75, 3.05) is 19.0 Å². The Morgan fingerprint density at radius 3 is 2.67 bits per heavy atom. The molecule has 0 saturated carbocycles. The zero-order valence-corrected chi connectivity index (χ0v) is 13.5. The van der Waals surface area contributed by atoms with Gasteiger partial charge in [0, 0.05) is 17.4 Å². The Morgan fingerprint density at radius 1 is 1.24 bits per heavy atom. The molecular formula is C17H24O3S. The van der Waals surface area contributed by atoms with Gasteiger partial charge in [-0.2, -0.15) is 11.8 Å². The van der Waals surface area contributed by atoms with E-state index in [2.05, 4.69) is 24.3 Å². The predicted molar refractivity (Wildman–Crippen MR) is 87.0 cm³/mol. The van der Waals surface area contributed by atoms with E-state index in [0.717, 1.165) is 30.3 Å². The first kappa shape index (κ1) is 16.2. The number of rotatable bonds is 10. The van der Waals surface area contributed by atoms with Gasteiger partial charge in [-0.05, 0) is 50.3 Å². The molecule has 0 radical (unpaired) electrons. The van der Waals surface area contributed by atoms with Crippen molar-refractivity contribution in [1.82, 2.24) is 0 Å². The zero-order chi connectivity index (χ0) is 14.9. The molecule has 21 heavy (non-hydrogen) atoms. The molecule has 0 N–H and O–H groups in total. The van der Waals surface area contributed by atoms with Crippen molar-refractivity contribution in [1.29, 1.82) is 0 Å². The average molecular weight is 308 g/mol. The summed E-state index contributed by atoms with van der Waals surface area (Å²) in [5.41, 5.74) is 1.40. The summed E-state index contributed by atoms with van der Waals surface area (Å²) >= 11 is 2.03. The number of thioether (sulfide) groups is 1. The SMILES string of the molecule is CCOC(=O)CCCCCOc1ccc(CC2CS2)cc1. The van der Waals surface area contributed by atoms with E-state index in [9.17, 15) is 4.79 Å². The lowest BCUT2D eigenvalue weighted by molar-refractivity contribution is -0.143. The molecular weight excluding hydrogens is 284 g/mol. The lowest BCUT2D eigenvalue weighted by Gasteiger charge is -2.07. The molecule has 1 unspecified atom stereocenters. The molecule has 1 heterocycles. The third-order valence-corrected chi connectivity index (χ3v) is 4.36. The highest BCUT2D eigenvalue weighted by Gasteiger charge is 2.22. The van der Waals surface area contributed by atoms with Gasteiger partial charge < -0.3 is 9.47 Å². The number of ether oxygens (including phenoxy) is 2. The second-order valence-electron chi connectivity index (χ2n) is 5.27. The van der Waals surface area contributed by atoms with Crippen LogP contribution in [0.5, 0.6) is 5.75 Å². The first-order valence-electron chi connectivity index (χ1n) is 7.77. The maximum Gasteiger partial charge on any atom is 0.305 e. The van der Waals surface area contributed by atoms with Crippen molar-refractivity contribution in [3.8, 4) is 5.75 Å². The van der Waals surface area contributed by atoms with Crippen molar-refractivity contribution < 1.29 is 14.3 Å². The van der Waals surface area contributed by atoms with Gasteiger partial charge in [-0.3, -0.25) is 4.79 Å². The largest absolute Gasteiger partial charge is 0.494 e. The first-order valence-corrected chi connectivity index (χ1v) is 8.81. The first-order chi connectivity index (χ1) is 10.3. The number of carbonyl (C=O) groups is 1. The Morgan fingerprint density at radius 2 is 2.00 bits per heavy atom. The van der Waals surface area contributed by atoms with E-state index in [4.69, 9.17) is 9.47 Å². The van der Waals surface area contributed by atoms with E-state index in [1.807, 2.05) is 18.7 Å². The third kappa shape index (κ3) is 6.89. The monoisotopic (exact) mass is 308 g/mol. The van der Waals surface area contributed by atoms with Gasteiger partial charge in [0.1, 0.15) is 5.75 Å². The van der Waals surface area contributed by atoms with Gasteiger partial charge in [0.15, 0.2) is 0 Å². The molecule has 1 saturated heterocycles. The van der Waals surface area contributed by atoms with Crippen LogP contribution in [0.2, 0.25) is 0 Å². The molecule has 1 aromatic rings. The van der Waals surface area contributed by atoms with Gasteiger partial charge in [-0.1, -0.05) is 12.1 Å². The summed E-state index contributed by atoms with van der Waals surface area (Å²) in [6.45, 7) is 3.01. The van der Waals surface area contributed by atoms with E-state index in [-0.39, 0.29) is 5.97 Å². The molecule has 1 aliphatic rings. The molecule has 1 aliphatic heterocycles. The van der Waals surface area contributed by atoms with Crippen molar-refractivity contribution in [2.24, 2.45) is 0 Å². The zero-order valence-electron chi connectivity index (χ0n) is 12.7. The van der Waals surface area contributed by atoms with Crippen LogP contribution >= 0.6 is 11.8 Å². The van der Waals surface area contributed by atoms with Crippen LogP contribution in [0.25, 0.3) is 0 Å². The van der Waals surface area contributed by atoms with Gasteiger partial charge >= 0.3 is 5.97 Å². The van der Waals surface area contributed by atoms with Crippen LogP contribution in [0.3, 0.4) is 0 Å². The summed E-state index contributed by atoms with van der Waals surface area (Å²) in [7, 11) is 0. The minimum Gasteiger partial charge on any atom is -0.494 e. The maximum atomic E-state index is 11.2. The topological polar surface area (TPSA) is 35.5 Å². The Balaban J connectivity index is 1.52. The fourth-order valence-electron chi connectivity index (χ4n) is 2.14. The van der Waals surface area contributed by atoms with Crippen LogP contribution in [0.4, 0.5) is 0 Å². The number of unbranched alkanes of at least 4 members (excludes halogenated alkanes) is 2. The van der Waals surface area contributed by atoms with Gasteiger partial charge in [0.05, 0.1) is 13.2 Å². The van der Waals surface area contributed by atoms with Crippen LogP contribution in [0, 0.1) is 0 Å². The number of hydrogen-bond donors (Lipinski definition) is 0. The number of esters is 1. The van der Waals surface area contributed by atoms with Gasteiger partial charge in [-0.25, -0.2) is 0 Å². The van der Waals surface area contributed by atoms with E-state index < -0.39 is 0 Å². The van der Waals surface area contributed by atoms with Crippen molar-refractivity contribution in [2.45, 2.75) is 44.3 Å². The lowest BCUT2D eigenvalue weighted by atomic mass is 10.1. The molecule has 4 heteroatoms. The lowest BCUT2D eigenvalue weighted by Crippen LogP contribution is -2.04. The Kier molecular flexibility index (Phi) is 6.93. The summed E-state index contributed by atoms with van der Waals surface area (Å²) in [5, 5.41) is 0.844. The molecule has 116 valence electrons. The Labute approximate surface area is 131 Å². The summed E-state index contributed by atoms with van der Waals surface area (Å²) < 4.78 is 10.6. The minimum atomic E-state index is -0.0946. The van der Waals surface area contributed by atoms with Gasteiger partial charge in [0.2, 0.25) is 0 Å². The van der Waals surface area contributed by atoms with E-state index >= 15 is 0 Å². The third-order valence-electron chi connectivity index (χ3n) is 3.39. The molecule has 1 fully saturated rings. The van der Waals surface area contributed by atoms with Crippen LogP contribution in [-0.2, 0) is 16.0 Å². The quantitative estimate of drug-likeness (QED) is 0.374. The fourth-order valence-corrected chi connectivity index (χ4v) is 2.71. The van der Waals surface area contributed by atoms with E-state index in [1.54, 1.807) is 0 Å². The summed E-state index contributed by atoms with van der Waals surface area (Å²) in [6, 6.07) is 8.44. The minimum absolute atomic E-state index is 0.0946. The highest BCUT2D eigenvalue weighted by atomic mass is 32.2. The van der Waals surface area contributed by atoms with E-state index in [0.29, 0.717) is 19.6 Å². The second kappa shape index (κ2) is 8.98. The summed E-state index contributed by atoms with van der Waals surface area (Å²) in [4.78, 5) is 11.2. The summed E-state index contributed by atoms with van der Waals surface area (Å²) in [6.07, 6.45) is 4.54. The molecule has 0 amide bonds. The van der Waals surface area contributed by atoms with Crippen LogP contribution in [0.1, 0.15) is 38.2 Å².